The van der Waals surface area contributed by atoms with Gasteiger partial charge in [0.2, 0.25) is 0 Å². The van der Waals surface area contributed by atoms with Crippen LogP contribution in [-0.4, -0.2) is 59.8 Å². The number of benzene rings is 3. The number of aliphatic hydroxyl groups is 1. The van der Waals surface area contributed by atoms with Crippen molar-refractivity contribution in [1.82, 2.24) is 9.80 Å². The average Bonchev–Trinajstić information content (AvgIpc) is 3.81. The van der Waals surface area contributed by atoms with Gasteiger partial charge in [0.25, 0.3) is 0 Å². The lowest BCUT2D eigenvalue weighted by atomic mass is 9.72. The van der Waals surface area contributed by atoms with Crippen LogP contribution in [0.1, 0.15) is 87.0 Å². The standard InChI is InChI=1S/C21H25NO.C21H29NO/c1-22-18-12-13-19(22)15-20(14-18)23-21(16-8-4-2-5-9-16)17-10-6-3-7-11-17;23-21(19-7-3-1-4-8-19,11-14-22-12-5-2-6-13-22)20-16-17-9-10-18(20)15-17/h2-11,18-21H,12-15H2,1H3;1,3-4,7-10,17-18,20,23H,2,5-6,11-16H2/t18-,19+,20?;. The van der Waals surface area contributed by atoms with Crippen molar-refractivity contribution in [1.29, 1.82) is 0 Å². The molecule has 7 atom stereocenters. The molecule has 244 valence electrons. The Labute approximate surface area is 277 Å². The molecule has 1 N–H and O–H groups in total. The third-order valence-corrected chi connectivity index (χ3v) is 12.0. The number of likely N-dealkylation sites (tertiary alicyclic amines) is 1. The SMILES string of the molecule is CN1[C@@H]2CC[C@H]1CC(OC(c1ccccc1)c1ccccc1)C2.OC(CCN1CCCCC1)(c1ccccc1)C1CC2C=CC1C2. The predicted octanol–water partition coefficient (Wildman–Crippen LogP) is 8.38. The van der Waals surface area contributed by atoms with Gasteiger partial charge in [0.1, 0.15) is 6.10 Å². The highest BCUT2D eigenvalue weighted by Crippen LogP contribution is 2.52. The van der Waals surface area contributed by atoms with E-state index in [1.807, 2.05) is 0 Å². The van der Waals surface area contributed by atoms with Crippen molar-refractivity contribution in [2.45, 2.75) is 94.1 Å². The lowest BCUT2D eigenvalue weighted by molar-refractivity contribution is -0.0495. The molecule has 0 radical (unpaired) electrons. The maximum Gasteiger partial charge on any atom is 0.108 e. The normalized spacial score (nSPS) is 30.2. The Bertz CT molecular complexity index is 1340. The van der Waals surface area contributed by atoms with Crippen LogP contribution in [-0.2, 0) is 10.3 Å². The molecule has 3 aromatic carbocycles. The van der Waals surface area contributed by atoms with Crippen LogP contribution in [0.5, 0.6) is 0 Å². The highest BCUT2D eigenvalue weighted by molar-refractivity contribution is 5.30. The molecule has 46 heavy (non-hydrogen) atoms. The maximum atomic E-state index is 11.8. The van der Waals surface area contributed by atoms with Crippen molar-refractivity contribution in [3.63, 3.8) is 0 Å². The Kier molecular flexibility index (Phi) is 10.1. The summed E-state index contributed by atoms with van der Waals surface area (Å²) in [6, 6.07) is 33.2. The van der Waals surface area contributed by atoms with Gasteiger partial charge in [-0.3, -0.25) is 0 Å². The summed E-state index contributed by atoms with van der Waals surface area (Å²) < 4.78 is 6.67. The van der Waals surface area contributed by atoms with Gasteiger partial charge in [0.15, 0.2) is 0 Å². The second-order valence-electron chi connectivity index (χ2n) is 14.8. The molecule has 0 amide bonds. The van der Waals surface area contributed by atoms with E-state index in [4.69, 9.17) is 4.74 Å². The fraction of sp³-hybridized carbons (Fsp3) is 0.524. The van der Waals surface area contributed by atoms with Crippen molar-refractivity contribution < 1.29 is 9.84 Å². The summed E-state index contributed by atoms with van der Waals surface area (Å²) in [7, 11) is 2.28. The first kappa shape index (κ1) is 31.8. The Hall–Kier alpha value is -2.76. The number of hydrogen-bond acceptors (Lipinski definition) is 4. The molecule has 4 fully saturated rings. The van der Waals surface area contributed by atoms with Gasteiger partial charge in [-0.1, -0.05) is 110 Å². The monoisotopic (exact) mass is 618 g/mol. The number of ether oxygens (including phenoxy) is 1. The van der Waals surface area contributed by atoms with E-state index >= 15 is 0 Å². The first-order valence-electron chi connectivity index (χ1n) is 18.2. The van der Waals surface area contributed by atoms with E-state index in [0.717, 1.165) is 24.9 Å². The molecule has 4 heteroatoms. The van der Waals surface area contributed by atoms with Crippen molar-refractivity contribution in [2.75, 3.05) is 26.7 Å². The van der Waals surface area contributed by atoms with Gasteiger partial charge in [-0.05, 0) is 112 Å². The van der Waals surface area contributed by atoms with Crippen molar-refractivity contribution in [3.05, 3.63) is 120 Å². The van der Waals surface area contributed by atoms with Gasteiger partial charge in [0.05, 0.1) is 11.7 Å². The summed E-state index contributed by atoms with van der Waals surface area (Å²) in [5.74, 6) is 1.67. The van der Waals surface area contributed by atoms with E-state index < -0.39 is 5.60 Å². The smallest absolute Gasteiger partial charge is 0.108 e. The third-order valence-electron chi connectivity index (χ3n) is 12.0. The number of piperidine rings is 2. The van der Waals surface area contributed by atoms with Crippen molar-refractivity contribution >= 4 is 0 Å². The van der Waals surface area contributed by atoms with E-state index in [1.165, 1.54) is 75.6 Å². The zero-order valence-corrected chi connectivity index (χ0v) is 27.8. The molecule has 3 aliphatic heterocycles. The summed E-state index contributed by atoms with van der Waals surface area (Å²) in [6.45, 7) is 3.45. The highest BCUT2D eigenvalue weighted by Gasteiger charge is 2.48. The van der Waals surface area contributed by atoms with Crippen LogP contribution >= 0.6 is 0 Å². The topological polar surface area (TPSA) is 35.9 Å². The van der Waals surface area contributed by atoms with E-state index in [0.29, 0.717) is 35.9 Å². The fourth-order valence-corrected chi connectivity index (χ4v) is 9.38. The number of allylic oxidation sites excluding steroid dienone is 2. The van der Waals surface area contributed by atoms with Crippen LogP contribution in [0.25, 0.3) is 0 Å². The Morgan fingerprint density at radius 1 is 0.739 bits per heavy atom. The summed E-state index contributed by atoms with van der Waals surface area (Å²) in [4.78, 5) is 5.13. The maximum absolute atomic E-state index is 11.8. The molecule has 4 nitrogen and oxygen atoms in total. The molecule has 3 heterocycles. The summed E-state index contributed by atoms with van der Waals surface area (Å²) in [6.07, 6.45) is 17.5. The van der Waals surface area contributed by atoms with Gasteiger partial charge in [0, 0.05) is 18.6 Å². The first-order valence-corrected chi connectivity index (χ1v) is 18.2. The second kappa shape index (κ2) is 14.6. The fourth-order valence-electron chi connectivity index (χ4n) is 9.38. The van der Waals surface area contributed by atoms with Crippen molar-refractivity contribution in [2.24, 2.45) is 17.8 Å². The van der Waals surface area contributed by atoms with E-state index in [2.05, 4.69) is 120 Å². The molecule has 2 aliphatic carbocycles. The van der Waals surface area contributed by atoms with Crippen molar-refractivity contribution in [3.8, 4) is 0 Å². The zero-order chi connectivity index (χ0) is 31.3. The Morgan fingerprint density at radius 3 is 1.87 bits per heavy atom. The zero-order valence-electron chi connectivity index (χ0n) is 27.8. The lowest BCUT2D eigenvalue weighted by Crippen LogP contribution is -2.43. The van der Waals surface area contributed by atoms with Gasteiger partial charge < -0.3 is 19.6 Å². The molecule has 0 aromatic heterocycles. The van der Waals surface area contributed by atoms with Crippen LogP contribution in [0.2, 0.25) is 0 Å². The first-order chi connectivity index (χ1) is 22.6. The van der Waals surface area contributed by atoms with Gasteiger partial charge in [-0.25, -0.2) is 0 Å². The molecule has 3 aromatic rings. The summed E-state index contributed by atoms with van der Waals surface area (Å²) in [5, 5.41) is 11.8. The minimum atomic E-state index is -0.664. The molecule has 4 bridgehead atoms. The molecule has 8 rings (SSSR count). The molecular formula is C42H54N2O2. The highest BCUT2D eigenvalue weighted by atomic mass is 16.5. The largest absolute Gasteiger partial charge is 0.385 e. The Balaban J connectivity index is 0.000000147. The van der Waals surface area contributed by atoms with Crippen LogP contribution in [0, 0.1) is 17.8 Å². The molecule has 5 aliphatic rings. The molecule has 1 saturated carbocycles. The van der Waals surface area contributed by atoms with E-state index in [-0.39, 0.29) is 6.10 Å². The minimum Gasteiger partial charge on any atom is -0.385 e. The van der Waals surface area contributed by atoms with Crippen LogP contribution < -0.4 is 0 Å². The minimum absolute atomic E-state index is 0.0465. The molecule has 3 saturated heterocycles. The number of nitrogens with zero attached hydrogens (tertiary/aromatic N) is 2. The Morgan fingerprint density at radius 2 is 1.33 bits per heavy atom. The van der Waals surface area contributed by atoms with Gasteiger partial charge in [-0.15, -0.1) is 0 Å². The van der Waals surface area contributed by atoms with E-state index in [1.54, 1.807) is 0 Å². The lowest BCUT2D eigenvalue weighted by Gasteiger charge is -2.40. The summed E-state index contributed by atoms with van der Waals surface area (Å²) >= 11 is 0. The number of fused-ring (bicyclic) bond motifs is 4. The molecule has 5 unspecified atom stereocenters. The number of hydrogen-bond donors (Lipinski definition) is 1. The average molecular weight is 619 g/mol. The quantitative estimate of drug-likeness (QED) is 0.245. The number of rotatable bonds is 9. The summed E-state index contributed by atoms with van der Waals surface area (Å²) in [5.41, 5.74) is 2.97. The molecule has 0 spiro atoms. The van der Waals surface area contributed by atoms with Crippen LogP contribution in [0.3, 0.4) is 0 Å². The van der Waals surface area contributed by atoms with Gasteiger partial charge in [-0.2, -0.15) is 0 Å². The van der Waals surface area contributed by atoms with Crippen LogP contribution in [0.4, 0.5) is 0 Å². The van der Waals surface area contributed by atoms with Gasteiger partial charge >= 0.3 is 0 Å². The predicted molar refractivity (Wildman–Crippen MR) is 187 cm³/mol. The van der Waals surface area contributed by atoms with Crippen LogP contribution in [0.15, 0.2) is 103 Å². The second-order valence-corrected chi connectivity index (χ2v) is 14.8. The third kappa shape index (κ3) is 7.06. The van der Waals surface area contributed by atoms with E-state index in [9.17, 15) is 5.11 Å². The molecular weight excluding hydrogens is 564 g/mol.